The van der Waals surface area contributed by atoms with E-state index in [0.29, 0.717) is 0 Å². The molecule has 0 fully saturated rings. The van der Waals surface area contributed by atoms with Crippen molar-refractivity contribution in [2.45, 2.75) is 57.8 Å². The number of aromatic nitrogens is 2. The van der Waals surface area contributed by atoms with Crippen molar-refractivity contribution < 1.29 is 0 Å². The first-order valence-electron chi connectivity index (χ1n) is 33.5. The van der Waals surface area contributed by atoms with Crippen LogP contribution in [0.5, 0.6) is 0 Å². The molecule has 95 heavy (non-hydrogen) atoms. The highest BCUT2D eigenvalue weighted by atomic mass is 15.0. The lowest BCUT2D eigenvalue weighted by Crippen LogP contribution is -2.26. The maximum absolute atomic E-state index is 2.48. The Kier molecular flexibility index (Phi) is 12.7. The Morgan fingerprint density at radius 1 is 0.253 bits per heavy atom. The van der Waals surface area contributed by atoms with Crippen molar-refractivity contribution in [3.63, 3.8) is 0 Å². The smallest absolute Gasteiger partial charge is 0.0725 e. The first-order chi connectivity index (χ1) is 46.4. The van der Waals surface area contributed by atoms with Crippen molar-refractivity contribution in [1.82, 2.24) is 9.13 Å². The Morgan fingerprint density at radius 3 is 1.02 bits per heavy atom. The molecule has 2 aliphatic carbocycles. The molecule has 0 radical (unpaired) electrons. The molecule has 0 atom stereocenters. The van der Waals surface area contributed by atoms with E-state index in [2.05, 4.69) is 366 Å². The lowest BCUT2D eigenvalue weighted by molar-refractivity contribution is 0.590. The summed E-state index contributed by atoms with van der Waals surface area (Å²) in [5.74, 6) is 0. The molecule has 0 bridgehead atoms. The fourth-order valence-corrected chi connectivity index (χ4v) is 16.3. The zero-order chi connectivity index (χ0) is 63.9. The van der Waals surface area contributed by atoms with Gasteiger partial charge in [0.15, 0.2) is 0 Å². The lowest BCUT2D eigenvalue weighted by atomic mass is 9.70. The predicted molar refractivity (Wildman–Crippen MR) is 405 cm³/mol. The van der Waals surface area contributed by atoms with Crippen LogP contribution in [0.2, 0.25) is 0 Å². The van der Waals surface area contributed by atoms with Crippen LogP contribution in [0, 0.1) is 0 Å². The molecule has 2 aromatic heterocycles. The van der Waals surface area contributed by atoms with Gasteiger partial charge in [-0.05, 0) is 205 Å². The van der Waals surface area contributed by atoms with Crippen molar-refractivity contribution in [1.29, 1.82) is 0 Å². The second kappa shape index (κ2) is 21.4. The molecule has 1 spiro atoms. The summed E-state index contributed by atoms with van der Waals surface area (Å²) in [6.07, 6.45) is 9.31. The molecule has 2 heterocycles. The summed E-state index contributed by atoms with van der Waals surface area (Å²) in [7, 11) is 0. The van der Waals surface area contributed by atoms with Gasteiger partial charge in [-0.25, -0.2) is 0 Å². The third-order valence-electron chi connectivity index (χ3n) is 20.9. The highest BCUT2D eigenvalue weighted by Crippen LogP contribution is 2.63. The van der Waals surface area contributed by atoms with Crippen LogP contribution < -0.4 is 0 Å². The van der Waals surface area contributed by atoms with Gasteiger partial charge in [-0.15, -0.1) is 0 Å². The fourth-order valence-electron chi connectivity index (χ4n) is 16.3. The van der Waals surface area contributed by atoms with Crippen molar-refractivity contribution in [3.05, 3.63) is 347 Å². The second-order valence-electron chi connectivity index (χ2n) is 28.4. The zero-order valence-electron chi connectivity index (χ0n) is 54.4. The number of rotatable bonds is 8. The lowest BCUT2D eigenvalue weighted by Gasteiger charge is -2.30. The average Bonchev–Trinajstić information content (AvgIpc) is 1.51. The van der Waals surface area contributed by atoms with Gasteiger partial charge in [-0.3, -0.25) is 0 Å². The normalized spacial score (nSPS) is 13.4. The predicted octanol–water partition coefficient (Wildman–Crippen LogP) is 24.8. The maximum atomic E-state index is 2.48. The molecule has 0 saturated carbocycles. The molecule has 18 rings (SSSR count). The van der Waals surface area contributed by atoms with Crippen LogP contribution in [0.4, 0.5) is 0 Å². The van der Waals surface area contributed by atoms with Crippen LogP contribution in [-0.4, -0.2) is 9.13 Å². The van der Waals surface area contributed by atoms with Gasteiger partial charge in [0.1, 0.15) is 0 Å². The molecule has 2 nitrogen and oxygen atoms in total. The number of hydrogen-bond acceptors (Lipinski definition) is 0. The van der Waals surface area contributed by atoms with Crippen LogP contribution in [-0.2, 0) is 16.2 Å². The summed E-state index contributed by atoms with van der Waals surface area (Å²) in [4.78, 5) is 0. The Bertz CT molecular complexity index is 5540. The molecule has 16 aromatic rings. The molecule has 0 saturated heterocycles. The first kappa shape index (κ1) is 56.4. The van der Waals surface area contributed by atoms with Gasteiger partial charge in [0, 0.05) is 32.9 Å². The van der Waals surface area contributed by atoms with E-state index in [9.17, 15) is 0 Å². The van der Waals surface area contributed by atoms with E-state index in [4.69, 9.17) is 0 Å². The Morgan fingerprint density at radius 2 is 0.600 bits per heavy atom. The first-order valence-corrected chi connectivity index (χ1v) is 33.5. The van der Waals surface area contributed by atoms with E-state index in [-0.39, 0.29) is 10.8 Å². The molecule has 0 amide bonds. The minimum atomic E-state index is -0.511. The monoisotopic (exact) mass is 1210 g/mol. The average molecular weight is 1220 g/mol. The van der Waals surface area contributed by atoms with E-state index in [1.165, 1.54) is 177 Å². The number of benzene rings is 14. The van der Waals surface area contributed by atoms with E-state index >= 15 is 0 Å². The quantitative estimate of drug-likeness (QED) is 0.134. The van der Waals surface area contributed by atoms with Crippen LogP contribution >= 0.6 is 0 Å². The highest BCUT2D eigenvalue weighted by molar-refractivity contribution is 6.14. The summed E-state index contributed by atoms with van der Waals surface area (Å²) in [5.41, 5.74) is 29.6. The van der Waals surface area contributed by atoms with Gasteiger partial charge >= 0.3 is 0 Å². The number of hydrogen-bond donors (Lipinski definition) is 0. The summed E-state index contributed by atoms with van der Waals surface area (Å²) in [6, 6.07) is 110. The standard InChI is InChI=1S/C93H70N2/c1-91(2,3)65-41-45-67(46-42-65)94-87-29-17-13-25-79(87)81-57-63(39-53-89(81)94)71-51-37-61(69-19-7-9-21-73(69)71)35-31-59-33-49-77-78-50-34-60(56-86(78)93(85(77)55-59)83-27-15-11-23-75(83)76-24-12-16-28-84(76)93)32-36-62-38-52-72(74-22-10-8-20-70(62)74)64-40-54-90-82(58-64)80-26-14-18-30-88(80)95(90)68-47-43-66(44-48-68)92(4,5)6/h7-58H,1-6H3. The van der Waals surface area contributed by atoms with Gasteiger partial charge in [-0.1, -0.05) is 284 Å². The third kappa shape index (κ3) is 8.84. The maximum Gasteiger partial charge on any atom is 0.0725 e. The van der Waals surface area contributed by atoms with Crippen LogP contribution in [0.25, 0.3) is 145 Å². The minimum absolute atomic E-state index is 0.0865. The SMILES string of the molecule is CC(C)(C)c1ccc(-n2c3ccccc3c3cc(-c4ccc(C=Cc5ccc6c(c5)C5(c7ccccc7-c7ccccc75)c5cc(C=Cc7ccc(-c8ccc9c(c8)c8ccccc8n9-c8ccc(C(C)(C)C)cc8)c8ccccc78)ccc5-6)c5ccccc45)ccc32)cc1. The van der Waals surface area contributed by atoms with Crippen LogP contribution in [0.3, 0.4) is 0 Å². The molecule has 2 aliphatic rings. The Hall–Kier alpha value is -11.3. The summed E-state index contributed by atoms with van der Waals surface area (Å²) in [6.45, 7) is 13.7. The number of para-hydroxylation sites is 2. The highest BCUT2D eigenvalue weighted by Gasteiger charge is 2.51. The van der Waals surface area contributed by atoms with Gasteiger partial charge in [0.05, 0.1) is 27.5 Å². The second-order valence-corrected chi connectivity index (χ2v) is 28.4. The van der Waals surface area contributed by atoms with Crippen molar-refractivity contribution in [2.75, 3.05) is 0 Å². The van der Waals surface area contributed by atoms with E-state index in [0.717, 1.165) is 0 Å². The van der Waals surface area contributed by atoms with Crippen molar-refractivity contribution in [2.24, 2.45) is 0 Å². The van der Waals surface area contributed by atoms with E-state index < -0.39 is 5.41 Å². The Balaban J connectivity index is 0.690. The van der Waals surface area contributed by atoms with Gasteiger partial charge < -0.3 is 9.13 Å². The zero-order valence-corrected chi connectivity index (χ0v) is 54.4. The molecule has 2 heteroatoms. The minimum Gasteiger partial charge on any atom is -0.309 e. The van der Waals surface area contributed by atoms with Gasteiger partial charge in [0.25, 0.3) is 0 Å². The third-order valence-corrected chi connectivity index (χ3v) is 20.9. The molecular weight excluding hydrogens is 1150 g/mol. The van der Waals surface area contributed by atoms with Crippen LogP contribution in [0.15, 0.2) is 291 Å². The fraction of sp³-hybridized carbons (Fsp3) is 0.0968. The largest absolute Gasteiger partial charge is 0.309 e. The number of fused-ring (bicyclic) bond motifs is 18. The molecule has 14 aromatic carbocycles. The van der Waals surface area contributed by atoms with Gasteiger partial charge in [-0.2, -0.15) is 0 Å². The molecule has 0 aliphatic heterocycles. The van der Waals surface area contributed by atoms with Crippen LogP contribution in [0.1, 0.15) is 97.2 Å². The van der Waals surface area contributed by atoms with Crippen molar-refractivity contribution in [3.8, 4) is 55.9 Å². The van der Waals surface area contributed by atoms with Gasteiger partial charge in [0.2, 0.25) is 0 Å². The Labute approximate surface area is 555 Å². The van der Waals surface area contributed by atoms with Crippen molar-refractivity contribution >= 4 is 89.5 Å². The summed E-state index contributed by atoms with van der Waals surface area (Å²) >= 11 is 0. The number of nitrogens with zero attached hydrogens (tertiary/aromatic N) is 2. The molecule has 0 N–H and O–H groups in total. The topological polar surface area (TPSA) is 9.86 Å². The summed E-state index contributed by atoms with van der Waals surface area (Å²) < 4.78 is 4.84. The van der Waals surface area contributed by atoms with E-state index in [1.54, 1.807) is 0 Å². The summed E-state index contributed by atoms with van der Waals surface area (Å²) in [5, 5.41) is 9.95. The molecular formula is C93H70N2. The molecule has 0 unspecified atom stereocenters. The molecule has 452 valence electrons. The van der Waals surface area contributed by atoms with E-state index in [1.807, 2.05) is 0 Å².